The summed E-state index contributed by atoms with van der Waals surface area (Å²) in [7, 11) is -3.50. The summed E-state index contributed by atoms with van der Waals surface area (Å²) < 4.78 is 26.5. The van der Waals surface area contributed by atoms with Gasteiger partial charge in [0.2, 0.25) is 0 Å². The number of hydrogen-bond acceptors (Lipinski definition) is 5. The quantitative estimate of drug-likeness (QED) is 0.342. The molecule has 0 radical (unpaired) electrons. The van der Waals surface area contributed by atoms with Crippen molar-refractivity contribution in [1.29, 1.82) is 0 Å². The summed E-state index contributed by atoms with van der Waals surface area (Å²) in [6.45, 7) is 6.94. The van der Waals surface area contributed by atoms with Crippen molar-refractivity contribution in [3.8, 4) is 28.2 Å². The highest BCUT2D eigenvalue weighted by Gasteiger charge is 2.24. The van der Waals surface area contributed by atoms with E-state index in [0.717, 1.165) is 39.8 Å². The monoisotopic (exact) mass is 524 g/mol. The Hall–Kier alpha value is -2.97. The molecular weight excluding hydrogens is 496 g/mol. The molecule has 1 aromatic heterocycles. The molecule has 8 heteroatoms. The minimum Gasteiger partial charge on any atom is -0.392 e. The van der Waals surface area contributed by atoms with Crippen molar-refractivity contribution in [2.45, 2.75) is 44.8 Å². The van der Waals surface area contributed by atoms with Gasteiger partial charge in [0.1, 0.15) is 11.4 Å². The summed E-state index contributed by atoms with van der Waals surface area (Å²) in [5.74, 6) is 0.662. The Morgan fingerprint density at radius 2 is 1.69 bits per heavy atom. The number of aliphatic hydroxyl groups excluding tert-OH is 1. The standard InChI is InChI=1S/C28H29ClN2O4S/c1-17-13-19(20-9-10-21(16-32)25(14-20)36(5,34)35)11-12-24(17)31-15-26(28(3,4)33)30-27(31)22-7-6-8-23(29)18(22)2/h6-15,32-33H,16H2,1-5H3. The van der Waals surface area contributed by atoms with E-state index in [0.29, 0.717) is 22.1 Å². The van der Waals surface area contributed by atoms with E-state index >= 15 is 0 Å². The second-order valence-corrected chi connectivity index (χ2v) is 11.9. The first-order valence-corrected chi connectivity index (χ1v) is 13.7. The molecule has 3 aromatic carbocycles. The lowest BCUT2D eigenvalue weighted by molar-refractivity contribution is 0.0743. The lowest BCUT2D eigenvalue weighted by Gasteiger charge is -2.15. The first kappa shape index (κ1) is 26.1. The number of nitrogens with zero attached hydrogens (tertiary/aromatic N) is 2. The molecule has 36 heavy (non-hydrogen) atoms. The molecular formula is C28H29ClN2O4S. The fraction of sp³-hybridized carbons (Fsp3) is 0.250. The van der Waals surface area contributed by atoms with Gasteiger partial charge in [-0.25, -0.2) is 13.4 Å². The molecule has 2 N–H and O–H groups in total. The Balaban J connectivity index is 1.87. The molecule has 4 aromatic rings. The van der Waals surface area contributed by atoms with E-state index in [2.05, 4.69) is 0 Å². The maximum Gasteiger partial charge on any atom is 0.175 e. The zero-order valence-corrected chi connectivity index (χ0v) is 22.4. The van der Waals surface area contributed by atoms with E-state index in [1.807, 2.05) is 61.0 Å². The third-order valence-corrected chi connectivity index (χ3v) is 7.86. The molecule has 4 rings (SSSR count). The molecule has 188 valence electrons. The summed E-state index contributed by atoms with van der Waals surface area (Å²) in [5, 5.41) is 20.9. The fourth-order valence-electron chi connectivity index (χ4n) is 4.21. The van der Waals surface area contributed by atoms with Crippen LogP contribution in [0.3, 0.4) is 0 Å². The van der Waals surface area contributed by atoms with E-state index in [9.17, 15) is 18.6 Å². The molecule has 0 saturated carbocycles. The van der Waals surface area contributed by atoms with Gasteiger partial charge in [-0.3, -0.25) is 4.57 Å². The highest BCUT2D eigenvalue weighted by atomic mass is 35.5. The number of benzene rings is 3. The van der Waals surface area contributed by atoms with Gasteiger partial charge >= 0.3 is 0 Å². The van der Waals surface area contributed by atoms with Gasteiger partial charge in [0.05, 0.1) is 22.9 Å². The minimum absolute atomic E-state index is 0.118. The third-order valence-electron chi connectivity index (χ3n) is 6.27. The maximum atomic E-state index is 12.3. The van der Waals surface area contributed by atoms with Crippen LogP contribution in [0.25, 0.3) is 28.2 Å². The van der Waals surface area contributed by atoms with E-state index in [1.165, 1.54) is 0 Å². The first-order chi connectivity index (χ1) is 16.8. The van der Waals surface area contributed by atoms with Gasteiger partial charge in [-0.2, -0.15) is 0 Å². The van der Waals surface area contributed by atoms with Crippen LogP contribution in [0.2, 0.25) is 5.02 Å². The van der Waals surface area contributed by atoms with Crippen molar-refractivity contribution in [1.82, 2.24) is 9.55 Å². The van der Waals surface area contributed by atoms with E-state index < -0.39 is 15.4 Å². The fourth-order valence-corrected chi connectivity index (χ4v) is 5.34. The van der Waals surface area contributed by atoms with Crippen molar-refractivity contribution in [2.75, 3.05) is 6.26 Å². The van der Waals surface area contributed by atoms with Crippen LogP contribution < -0.4 is 0 Å². The van der Waals surface area contributed by atoms with Crippen LogP contribution in [0.5, 0.6) is 0 Å². The Morgan fingerprint density at radius 3 is 2.31 bits per heavy atom. The highest BCUT2D eigenvalue weighted by Crippen LogP contribution is 2.34. The summed E-state index contributed by atoms with van der Waals surface area (Å²) in [6.07, 6.45) is 2.97. The Labute approximate surface area is 216 Å². The Bertz CT molecular complexity index is 1570. The van der Waals surface area contributed by atoms with Crippen molar-refractivity contribution >= 4 is 21.4 Å². The molecule has 0 aliphatic heterocycles. The van der Waals surface area contributed by atoms with Gasteiger partial charge in [-0.05, 0) is 79.8 Å². The smallest absolute Gasteiger partial charge is 0.175 e. The average molecular weight is 525 g/mol. The normalized spacial score (nSPS) is 12.2. The van der Waals surface area contributed by atoms with Crippen LogP contribution in [-0.2, 0) is 22.0 Å². The highest BCUT2D eigenvalue weighted by molar-refractivity contribution is 7.90. The van der Waals surface area contributed by atoms with Gasteiger partial charge in [0, 0.05) is 23.0 Å². The summed E-state index contributed by atoms with van der Waals surface area (Å²) >= 11 is 6.40. The lowest BCUT2D eigenvalue weighted by atomic mass is 10.0. The number of imidazole rings is 1. The SMILES string of the molecule is Cc1cc(-c2ccc(CO)c(S(C)(=O)=O)c2)ccc1-n1cc(C(C)(C)O)nc1-c1cccc(Cl)c1C. The molecule has 0 bridgehead atoms. The van der Waals surface area contributed by atoms with Crippen LogP contribution in [0.4, 0.5) is 0 Å². The first-order valence-electron chi connectivity index (χ1n) is 11.4. The van der Waals surface area contributed by atoms with Gasteiger partial charge in [-0.15, -0.1) is 0 Å². The topological polar surface area (TPSA) is 92.4 Å². The number of hydrogen-bond donors (Lipinski definition) is 2. The van der Waals surface area contributed by atoms with Crippen LogP contribution in [0.1, 0.15) is 36.2 Å². The minimum atomic E-state index is -3.50. The van der Waals surface area contributed by atoms with Crippen LogP contribution >= 0.6 is 11.6 Å². The van der Waals surface area contributed by atoms with Crippen molar-refractivity contribution < 1.29 is 18.6 Å². The van der Waals surface area contributed by atoms with Crippen LogP contribution in [-0.4, -0.2) is 34.4 Å². The van der Waals surface area contributed by atoms with Gasteiger partial charge in [0.25, 0.3) is 0 Å². The van der Waals surface area contributed by atoms with E-state index in [4.69, 9.17) is 16.6 Å². The van der Waals surface area contributed by atoms with Crippen molar-refractivity contribution in [3.05, 3.63) is 88.2 Å². The van der Waals surface area contributed by atoms with E-state index in [1.54, 1.807) is 32.0 Å². The molecule has 0 fully saturated rings. The third kappa shape index (κ3) is 4.97. The molecule has 0 saturated heterocycles. The van der Waals surface area contributed by atoms with Crippen molar-refractivity contribution in [3.63, 3.8) is 0 Å². The largest absolute Gasteiger partial charge is 0.392 e. The van der Waals surface area contributed by atoms with Crippen LogP contribution in [0.15, 0.2) is 65.7 Å². The summed E-state index contributed by atoms with van der Waals surface area (Å²) in [4.78, 5) is 4.89. The van der Waals surface area contributed by atoms with Crippen molar-refractivity contribution in [2.24, 2.45) is 0 Å². The Kier molecular flexibility index (Phi) is 6.88. The van der Waals surface area contributed by atoms with E-state index in [-0.39, 0.29) is 11.5 Å². The molecule has 0 spiro atoms. The lowest BCUT2D eigenvalue weighted by Crippen LogP contribution is -2.15. The predicted octanol–water partition coefficient (Wildman–Crippen LogP) is 5.60. The molecule has 0 atom stereocenters. The number of aliphatic hydroxyl groups is 2. The number of aryl methyl sites for hydroxylation is 1. The summed E-state index contributed by atoms with van der Waals surface area (Å²) in [6, 6.07) is 16.5. The molecule has 6 nitrogen and oxygen atoms in total. The van der Waals surface area contributed by atoms with Crippen LogP contribution in [0, 0.1) is 13.8 Å². The molecule has 0 aliphatic carbocycles. The molecule has 0 amide bonds. The zero-order chi connectivity index (χ0) is 26.4. The molecule has 1 heterocycles. The Morgan fingerprint density at radius 1 is 1.03 bits per heavy atom. The second-order valence-electron chi connectivity index (χ2n) is 9.55. The number of aromatic nitrogens is 2. The van der Waals surface area contributed by atoms with Gasteiger partial charge in [0.15, 0.2) is 9.84 Å². The van der Waals surface area contributed by atoms with Gasteiger partial charge < -0.3 is 10.2 Å². The molecule has 0 unspecified atom stereocenters. The maximum absolute atomic E-state index is 12.3. The molecule has 0 aliphatic rings. The second kappa shape index (κ2) is 9.48. The number of sulfone groups is 1. The zero-order valence-electron chi connectivity index (χ0n) is 20.9. The predicted molar refractivity (Wildman–Crippen MR) is 143 cm³/mol. The number of rotatable bonds is 6. The number of halogens is 1. The summed E-state index contributed by atoms with van der Waals surface area (Å²) in [5.41, 5.74) is 4.87. The van der Waals surface area contributed by atoms with Gasteiger partial charge in [-0.1, -0.05) is 41.9 Å². The average Bonchev–Trinajstić information content (AvgIpc) is 3.25.